The third kappa shape index (κ3) is 3.45. The summed E-state index contributed by atoms with van der Waals surface area (Å²) in [4.78, 5) is 0. The van der Waals surface area contributed by atoms with Gasteiger partial charge in [-0.15, -0.1) is 0 Å². The normalized spacial score (nSPS) is 14.5. The van der Waals surface area contributed by atoms with Crippen LogP contribution in [0.5, 0.6) is 0 Å². The molecule has 5 heteroatoms. The lowest BCUT2D eigenvalue weighted by molar-refractivity contribution is 0.814. The number of halogens is 2. The quantitative estimate of drug-likeness (QED) is 0.758. The monoisotopic (exact) mass is 333 g/mol. The van der Waals surface area contributed by atoms with Gasteiger partial charge in [-0.3, -0.25) is 0 Å². The minimum Gasteiger partial charge on any atom is -0.361 e. The summed E-state index contributed by atoms with van der Waals surface area (Å²) in [6.45, 7) is 7.64. The van der Waals surface area contributed by atoms with E-state index >= 15 is 0 Å². The van der Waals surface area contributed by atoms with Gasteiger partial charge in [0, 0.05) is 11.4 Å². The Morgan fingerprint density at radius 1 is 0.955 bits per heavy atom. The van der Waals surface area contributed by atoms with Crippen molar-refractivity contribution in [1.29, 1.82) is 10.5 Å². The van der Waals surface area contributed by atoms with Gasteiger partial charge in [0.1, 0.15) is 0 Å². The Balaban J connectivity index is 0.00000116. The van der Waals surface area contributed by atoms with Crippen molar-refractivity contribution in [3.63, 3.8) is 0 Å². The Bertz CT molecular complexity index is 682. The summed E-state index contributed by atoms with van der Waals surface area (Å²) in [6, 6.07) is 9.53. The molecular formula is C17H17Cl2N3. The maximum Gasteiger partial charge on any atom is 0.0975 e. The third-order valence-corrected chi connectivity index (χ3v) is 4.02. The average molecular weight is 334 g/mol. The minimum absolute atomic E-state index is 0.402. The van der Waals surface area contributed by atoms with Gasteiger partial charge in [-0.1, -0.05) is 43.1 Å². The highest BCUT2D eigenvalue weighted by Crippen LogP contribution is 2.38. The molecule has 0 fully saturated rings. The van der Waals surface area contributed by atoms with Crippen molar-refractivity contribution in [3.05, 3.63) is 56.3 Å². The molecule has 0 unspecified atom stereocenters. The summed E-state index contributed by atoms with van der Waals surface area (Å²) in [5.74, 6) is -0.402. The predicted octanol–water partition coefficient (Wildman–Crippen LogP) is 5.30. The highest BCUT2D eigenvalue weighted by atomic mass is 35.5. The fourth-order valence-electron chi connectivity index (χ4n) is 2.32. The molecule has 0 amide bonds. The molecule has 1 aromatic carbocycles. The van der Waals surface area contributed by atoms with E-state index in [-0.39, 0.29) is 0 Å². The van der Waals surface area contributed by atoms with Gasteiger partial charge in [0.15, 0.2) is 0 Å². The van der Waals surface area contributed by atoms with Crippen LogP contribution in [0.25, 0.3) is 0 Å². The number of rotatable bonds is 1. The Kier molecular flexibility index (Phi) is 6.50. The number of allylic oxidation sites excluding steroid dienone is 4. The van der Waals surface area contributed by atoms with E-state index in [0.717, 1.165) is 17.0 Å². The van der Waals surface area contributed by atoms with Crippen molar-refractivity contribution in [3.8, 4) is 12.1 Å². The van der Waals surface area contributed by atoms with E-state index in [2.05, 4.69) is 17.5 Å². The second kappa shape index (κ2) is 7.90. The van der Waals surface area contributed by atoms with E-state index < -0.39 is 5.92 Å². The van der Waals surface area contributed by atoms with Crippen LogP contribution in [0, 0.1) is 22.7 Å². The van der Waals surface area contributed by atoms with Crippen LogP contribution < -0.4 is 5.32 Å². The molecule has 0 aromatic heterocycles. The highest BCUT2D eigenvalue weighted by molar-refractivity contribution is 6.42. The maximum atomic E-state index is 9.38. The SMILES string of the molecule is CC.CC1=C(C#N)C(c2ccc(Cl)c(Cl)c2)C(C#N)=C(C)N1. The largest absolute Gasteiger partial charge is 0.361 e. The first-order chi connectivity index (χ1) is 10.5. The number of dihydropyridines is 1. The molecule has 1 N–H and O–H groups in total. The topological polar surface area (TPSA) is 59.6 Å². The maximum absolute atomic E-state index is 9.38. The molecule has 2 rings (SSSR count). The van der Waals surface area contributed by atoms with Crippen LogP contribution >= 0.6 is 23.2 Å². The van der Waals surface area contributed by atoms with Gasteiger partial charge in [0.25, 0.3) is 0 Å². The molecule has 22 heavy (non-hydrogen) atoms. The summed E-state index contributed by atoms with van der Waals surface area (Å²) in [5, 5.41) is 22.7. The molecule has 0 radical (unpaired) electrons. The molecule has 0 bridgehead atoms. The van der Waals surface area contributed by atoms with E-state index in [1.54, 1.807) is 18.2 Å². The summed E-state index contributed by atoms with van der Waals surface area (Å²) < 4.78 is 0. The van der Waals surface area contributed by atoms with Gasteiger partial charge in [-0.05, 0) is 31.5 Å². The molecule has 1 aromatic rings. The van der Waals surface area contributed by atoms with E-state index in [1.807, 2.05) is 27.7 Å². The van der Waals surface area contributed by atoms with Gasteiger partial charge < -0.3 is 5.32 Å². The van der Waals surface area contributed by atoms with Crippen LogP contribution in [0.3, 0.4) is 0 Å². The second-order valence-electron chi connectivity index (χ2n) is 4.53. The van der Waals surface area contributed by atoms with E-state index in [9.17, 15) is 10.5 Å². The fourth-order valence-corrected chi connectivity index (χ4v) is 2.62. The first kappa shape index (κ1) is 18.1. The highest BCUT2D eigenvalue weighted by Gasteiger charge is 2.29. The van der Waals surface area contributed by atoms with Crippen molar-refractivity contribution < 1.29 is 0 Å². The molecule has 0 atom stereocenters. The molecule has 0 aliphatic carbocycles. The Morgan fingerprint density at radius 3 is 1.86 bits per heavy atom. The molecule has 0 saturated carbocycles. The zero-order chi connectivity index (χ0) is 16.9. The fraction of sp³-hybridized carbons (Fsp3) is 0.294. The van der Waals surface area contributed by atoms with Crippen molar-refractivity contribution >= 4 is 23.2 Å². The lowest BCUT2D eigenvalue weighted by Crippen LogP contribution is -2.23. The Morgan fingerprint density at radius 2 is 1.45 bits per heavy atom. The molecule has 1 aliphatic heterocycles. The first-order valence-electron chi connectivity index (χ1n) is 6.93. The summed E-state index contributed by atoms with van der Waals surface area (Å²) in [7, 11) is 0. The lowest BCUT2D eigenvalue weighted by atomic mass is 9.82. The first-order valence-corrected chi connectivity index (χ1v) is 7.69. The van der Waals surface area contributed by atoms with Crippen LogP contribution in [-0.4, -0.2) is 0 Å². The number of benzene rings is 1. The number of hydrogen-bond acceptors (Lipinski definition) is 3. The zero-order valence-corrected chi connectivity index (χ0v) is 14.5. The molecule has 3 nitrogen and oxygen atoms in total. The van der Waals surface area contributed by atoms with E-state index in [4.69, 9.17) is 23.2 Å². The number of hydrogen-bond donors (Lipinski definition) is 1. The Labute approximate surface area is 141 Å². The smallest absolute Gasteiger partial charge is 0.0975 e. The predicted molar refractivity (Wildman–Crippen MR) is 90.3 cm³/mol. The average Bonchev–Trinajstić information content (AvgIpc) is 2.51. The number of nitrogens with zero attached hydrogens (tertiary/aromatic N) is 2. The van der Waals surface area contributed by atoms with Crippen LogP contribution in [0.1, 0.15) is 39.2 Å². The van der Waals surface area contributed by atoms with Crippen molar-refractivity contribution in [2.24, 2.45) is 0 Å². The van der Waals surface area contributed by atoms with Gasteiger partial charge in [0.05, 0.1) is 39.2 Å². The van der Waals surface area contributed by atoms with Crippen molar-refractivity contribution in [2.45, 2.75) is 33.6 Å². The van der Waals surface area contributed by atoms with Crippen molar-refractivity contribution in [2.75, 3.05) is 0 Å². The molecule has 1 heterocycles. The minimum atomic E-state index is -0.402. The third-order valence-electron chi connectivity index (χ3n) is 3.28. The molecular weight excluding hydrogens is 317 g/mol. The summed E-state index contributed by atoms with van der Waals surface area (Å²) in [6.07, 6.45) is 0. The van der Waals surface area contributed by atoms with Gasteiger partial charge in [-0.2, -0.15) is 10.5 Å². The second-order valence-corrected chi connectivity index (χ2v) is 5.35. The van der Waals surface area contributed by atoms with Gasteiger partial charge in [0.2, 0.25) is 0 Å². The molecule has 1 aliphatic rings. The van der Waals surface area contributed by atoms with E-state index in [0.29, 0.717) is 21.2 Å². The van der Waals surface area contributed by atoms with Gasteiger partial charge in [-0.25, -0.2) is 0 Å². The molecule has 0 spiro atoms. The van der Waals surface area contributed by atoms with Crippen molar-refractivity contribution in [1.82, 2.24) is 5.32 Å². The van der Waals surface area contributed by atoms with Crippen LogP contribution in [-0.2, 0) is 0 Å². The van der Waals surface area contributed by atoms with Crippen LogP contribution in [0.2, 0.25) is 10.0 Å². The summed E-state index contributed by atoms with van der Waals surface area (Å²) in [5.41, 5.74) is 3.32. The Hall–Kier alpha value is -1.94. The summed E-state index contributed by atoms with van der Waals surface area (Å²) >= 11 is 12.0. The number of nitriles is 2. The molecule has 0 saturated heterocycles. The van der Waals surface area contributed by atoms with Gasteiger partial charge >= 0.3 is 0 Å². The van der Waals surface area contributed by atoms with Crippen LogP contribution in [0.4, 0.5) is 0 Å². The van der Waals surface area contributed by atoms with E-state index in [1.165, 1.54) is 0 Å². The standard InChI is InChI=1S/C15H11Cl2N3.C2H6/c1-8-11(6-18)15(12(7-19)9(2)20-8)10-3-4-13(16)14(17)5-10;1-2/h3-5,15,20H,1-2H3;1-2H3. The zero-order valence-electron chi connectivity index (χ0n) is 13.0. The van der Waals surface area contributed by atoms with Crippen LogP contribution in [0.15, 0.2) is 40.7 Å². The number of nitrogens with one attached hydrogen (secondary N) is 1. The molecule has 114 valence electrons. The lowest BCUT2D eigenvalue weighted by Gasteiger charge is -2.26.